The average molecular weight is 850 g/mol. The predicted molar refractivity (Wildman–Crippen MR) is 238 cm³/mol. The third-order valence-electron chi connectivity index (χ3n) is 12.6. The lowest BCUT2D eigenvalue weighted by Gasteiger charge is -2.32. The molecule has 2 atom stereocenters. The zero-order valence-electron chi connectivity index (χ0n) is 35.0. The Balaban J connectivity index is 0.000000248. The van der Waals surface area contributed by atoms with Crippen molar-refractivity contribution >= 4 is 36.4 Å². The van der Waals surface area contributed by atoms with Crippen LogP contribution < -0.4 is 18.9 Å². The van der Waals surface area contributed by atoms with E-state index in [9.17, 15) is 9.59 Å². The van der Waals surface area contributed by atoms with E-state index in [1.807, 2.05) is 24.3 Å². The van der Waals surface area contributed by atoms with Gasteiger partial charge in [-0.2, -0.15) is 0 Å². The van der Waals surface area contributed by atoms with E-state index in [-0.39, 0.29) is 53.7 Å². The first kappa shape index (κ1) is 47.6. The van der Waals surface area contributed by atoms with Crippen LogP contribution in [0.5, 0.6) is 23.0 Å². The van der Waals surface area contributed by atoms with Gasteiger partial charge < -0.3 is 24.4 Å². The summed E-state index contributed by atoms with van der Waals surface area (Å²) in [6.07, 6.45) is 8.38. The molecule has 0 radical (unpaired) electrons. The highest BCUT2D eigenvalue weighted by molar-refractivity contribution is 6.03. The highest BCUT2D eigenvalue weighted by atomic mass is 35.5. The van der Waals surface area contributed by atoms with Crippen molar-refractivity contribution in [2.24, 2.45) is 23.7 Å². The molecule has 2 unspecified atom stereocenters. The lowest BCUT2D eigenvalue weighted by Crippen LogP contribution is -2.34. The summed E-state index contributed by atoms with van der Waals surface area (Å²) in [5.41, 5.74) is 6.62. The summed E-state index contributed by atoms with van der Waals surface area (Å²) in [7, 11) is 6.51. The molecular formula is C48H62Cl2N2O7. The maximum atomic E-state index is 12.9. The highest BCUT2D eigenvalue weighted by Gasteiger charge is 2.36. The van der Waals surface area contributed by atoms with Gasteiger partial charge in [-0.25, -0.2) is 0 Å². The van der Waals surface area contributed by atoms with Crippen molar-refractivity contribution < 1.29 is 34.0 Å². The van der Waals surface area contributed by atoms with Crippen molar-refractivity contribution in [3.05, 3.63) is 118 Å². The molecular weight excluding hydrogens is 787 g/mol. The zero-order chi connectivity index (χ0) is 39.0. The maximum absolute atomic E-state index is 12.9. The van der Waals surface area contributed by atoms with E-state index in [1.54, 1.807) is 28.4 Å². The third kappa shape index (κ3) is 11.6. The predicted octanol–water partition coefficient (Wildman–Crippen LogP) is 8.74. The van der Waals surface area contributed by atoms with Gasteiger partial charge in [0.15, 0.2) is 34.6 Å². The van der Waals surface area contributed by atoms with Gasteiger partial charge in [0.05, 0.1) is 28.4 Å². The van der Waals surface area contributed by atoms with E-state index < -0.39 is 0 Å². The fourth-order valence-corrected chi connectivity index (χ4v) is 9.42. The molecule has 2 N–H and O–H groups in total. The minimum absolute atomic E-state index is 0. The zero-order valence-corrected chi connectivity index (χ0v) is 36.6. The molecule has 0 spiro atoms. The van der Waals surface area contributed by atoms with Crippen molar-refractivity contribution in [1.82, 2.24) is 9.80 Å². The summed E-state index contributed by atoms with van der Waals surface area (Å²) < 4.78 is 21.5. The molecule has 9 nitrogen and oxygen atoms in total. The molecule has 0 aromatic heterocycles. The Bertz CT molecular complexity index is 1810. The number of ketones is 2. The van der Waals surface area contributed by atoms with Crippen molar-refractivity contribution in [2.75, 3.05) is 54.6 Å². The molecule has 2 fully saturated rings. The van der Waals surface area contributed by atoms with Gasteiger partial charge in [-0.05, 0) is 136 Å². The third-order valence-corrected chi connectivity index (χ3v) is 12.6. The standard InChI is InChI=1S/2C24H29NO3.2ClH.H2O/c2*1-27-22-14-19-13-20(24(26)21(19)15-23(22)28-2)12-17-8-10-25(11-9-17)16-18-6-4-3-5-7-18;;;/h2*3-7,14-15,17,20H,8-13,16H2,1-2H3;2*1H;1H2. The number of methoxy groups -OCH3 is 4. The minimum atomic E-state index is 0. The number of ether oxygens (including phenoxy) is 4. The number of Topliss-reactive ketones (excluding diaryl/α,β-unsaturated/α-hetero) is 2. The van der Waals surface area contributed by atoms with Gasteiger partial charge in [0.2, 0.25) is 0 Å². The first-order chi connectivity index (χ1) is 27.3. The van der Waals surface area contributed by atoms with Gasteiger partial charge in [-0.1, -0.05) is 60.7 Å². The molecule has 4 aromatic rings. The second-order valence-corrected chi connectivity index (χ2v) is 16.1. The summed E-state index contributed by atoms with van der Waals surface area (Å²) >= 11 is 0. The number of halogens is 2. The lowest BCUT2D eigenvalue weighted by molar-refractivity contribution is 0.0889. The van der Waals surface area contributed by atoms with E-state index in [1.165, 1.54) is 36.8 Å². The molecule has 2 saturated heterocycles. The Kier molecular flexibility index (Phi) is 18.1. The Morgan fingerprint density at radius 2 is 0.831 bits per heavy atom. The summed E-state index contributed by atoms with van der Waals surface area (Å²) in [4.78, 5) is 30.9. The highest BCUT2D eigenvalue weighted by Crippen LogP contribution is 2.41. The number of piperidine rings is 2. The fourth-order valence-electron chi connectivity index (χ4n) is 9.42. The van der Waals surface area contributed by atoms with E-state index in [0.29, 0.717) is 34.8 Å². The van der Waals surface area contributed by atoms with Gasteiger partial charge in [0.1, 0.15) is 0 Å². The van der Waals surface area contributed by atoms with Crippen LogP contribution in [0.4, 0.5) is 0 Å². The molecule has 0 saturated carbocycles. The van der Waals surface area contributed by atoms with Crippen LogP contribution in [0.3, 0.4) is 0 Å². The molecule has 8 rings (SSSR count). The number of carbonyl (C=O) groups excluding carboxylic acids is 2. The number of benzene rings is 4. The summed E-state index contributed by atoms with van der Waals surface area (Å²) in [6, 6.07) is 29.0. The number of fused-ring (bicyclic) bond motifs is 2. The fraction of sp³-hybridized carbons (Fsp3) is 0.458. The Hall–Kier alpha value is -4.12. The Labute approximate surface area is 362 Å². The molecule has 2 aliphatic heterocycles. The molecule has 320 valence electrons. The van der Waals surface area contributed by atoms with Gasteiger partial charge >= 0.3 is 0 Å². The molecule has 4 aromatic carbocycles. The second kappa shape index (κ2) is 22.5. The van der Waals surface area contributed by atoms with Crippen molar-refractivity contribution in [1.29, 1.82) is 0 Å². The lowest BCUT2D eigenvalue weighted by atomic mass is 9.85. The SMILES string of the molecule is COc1cc2c(cc1OC)C(=O)C(CC1CCN(Cc3ccccc3)CC1)C2.COc1cc2c(cc1OC)C(=O)C(CC1CCN(Cc3ccccc3)CC1)C2.Cl.Cl.O. The number of nitrogens with zero attached hydrogens (tertiary/aromatic N) is 2. The van der Waals surface area contributed by atoms with E-state index in [2.05, 4.69) is 70.5 Å². The molecule has 4 aliphatic rings. The van der Waals surface area contributed by atoms with Crippen LogP contribution in [-0.2, 0) is 25.9 Å². The van der Waals surface area contributed by atoms with E-state index in [4.69, 9.17) is 18.9 Å². The van der Waals surface area contributed by atoms with Crippen LogP contribution in [0.25, 0.3) is 0 Å². The molecule has 59 heavy (non-hydrogen) atoms. The van der Waals surface area contributed by atoms with Crippen LogP contribution in [0.2, 0.25) is 0 Å². The molecule has 0 amide bonds. The van der Waals surface area contributed by atoms with Gasteiger partial charge in [-0.3, -0.25) is 19.4 Å². The number of hydrogen-bond acceptors (Lipinski definition) is 8. The summed E-state index contributed by atoms with van der Waals surface area (Å²) in [5, 5.41) is 0. The largest absolute Gasteiger partial charge is 0.493 e. The summed E-state index contributed by atoms with van der Waals surface area (Å²) in [5.74, 6) is 4.76. The van der Waals surface area contributed by atoms with Crippen molar-refractivity contribution in [3.63, 3.8) is 0 Å². The smallest absolute Gasteiger partial charge is 0.166 e. The van der Waals surface area contributed by atoms with Crippen LogP contribution in [-0.4, -0.2) is 81.5 Å². The summed E-state index contributed by atoms with van der Waals surface area (Å²) in [6.45, 7) is 6.54. The van der Waals surface area contributed by atoms with Crippen LogP contribution in [0.1, 0.15) is 81.5 Å². The van der Waals surface area contributed by atoms with Crippen LogP contribution in [0.15, 0.2) is 84.9 Å². The van der Waals surface area contributed by atoms with Crippen molar-refractivity contribution in [3.8, 4) is 23.0 Å². The quantitative estimate of drug-likeness (QED) is 0.139. The molecule has 0 bridgehead atoms. The Morgan fingerprint density at radius 3 is 1.15 bits per heavy atom. The van der Waals surface area contributed by atoms with Crippen molar-refractivity contribution in [2.45, 2.75) is 64.5 Å². The van der Waals surface area contributed by atoms with E-state index in [0.717, 1.165) is 87.2 Å². The monoisotopic (exact) mass is 848 g/mol. The first-order valence-electron chi connectivity index (χ1n) is 20.5. The minimum Gasteiger partial charge on any atom is -0.493 e. The first-order valence-corrected chi connectivity index (χ1v) is 20.5. The maximum Gasteiger partial charge on any atom is 0.166 e. The Morgan fingerprint density at radius 1 is 0.508 bits per heavy atom. The van der Waals surface area contributed by atoms with E-state index >= 15 is 0 Å². The number of rotatable bonds is 12. The topological polar surface area (TPSA) is 109 Å². The van der Waals surface area contributed by atoms with Gasteiger partial charge in [0.25, 0.3) is 0 Å². The molecule has 11 heteroatoms. The molecule has 2 heterocycles. The van der Waals surface area contributed by atoms with Crippen LogP contribution >= 0.6 is 24.8 Å². The normalized spacial score (nSPS) is 19.2. The average Bonchev–Trinajstić information content (AvgIpc) is 3.71. The number of carbonyl (C=O) groups is 2. The second-order valence-electron chi connectivity index (χ2n) is 16.1. The van der Waals surface area contributed by atoms with Gasteiger partial charge in [-0.15, -0.1) is 24.8 Å². The number of hydrogen-bond donors (Lipinski definition) is 0. The number of likely N-dealkylation sites (tertiary alicyclic amines) is 2. The molecule has 2 aliphatic carbocycles. The van der Waals surface area contributed by atoms with Gasteiger partial charge in [0, 0.05) is 36.1 Å². The van der Waals surface area contributed by atoms with Crippen LogP contribution in [0, 0.1) is 23.7 Å².